The van der Waals surface area contributed by atoms with Gasteiger partial charge in [-0.1, -0.05) is 99.6 Å². The lowest BCUT2D eigenvalue weighted by Gasteiger charge is -2.24. The van der Waals surface area contributed by atoms with Gasteiger partial charge in [0.25, 0.3) is 0 Å². The second-order valence-electron chi connectivity index (χ2n) is 5.95. The first kappa shape index (κ1) is 20.6. The zero-order chi connectivity index (χ0) is 18.6. The highest BCUT2D eigenvalue weighted by Crippen LogP contribution is 2.35. The zero-order valence-corrected chi connectivity index (χ0v) is 17.7. The predicted octanol–water partition coefficient (Wildman–Crippen LogP) is 6.56. The second kappa shape index (κ2) is 8.77. The fraction of sp³-hybridized carbons (Fsp3) is 0.316. The molecule has 0 aliphatic carbocycles. The van der Waals surface area contributed by atoms with E-state index in [-0.39, 0.29) is 12.5 Å². The molecule has 0 bridgehead atoms. The van der Waals surface area contributed by atoms with Gasteiger partial charge in [-0.3, -0.25) is 4.79 Å². The van der Waals surface area contributed by atoms with Crippen LogP contribution in [0.4, 0.5) is 0 Å². The SMILES string of the molecule is Cc1ccc(C(C)C(C(=O)OCC(Cl)(Cl)Cl)c2ccc(Br)cc2)cc1. The fourth-order valence-corrected chi connectivity index (χ4v) is 3.03. The maximum Gasteiger partial charge on any atom is 0.314 e. The van der Waals surface area contributed by atoms with E-state index >= 15 is 0 Å². The zero-order valence-electron chi connectivity index (χ0n) is 13.8. The molecule has 0 heterocycles. The fourth-order valence-electron chi connectivity index (χ4n) is 2.60. The maximum absolute atomic E-state index is 12.7. The van der Waals surface area contributed by atoms with Crippen molar-refractivity contribution in [3.8, 4) is 0 Å². The highest BCUT2D eigenvalue weighted by Gasteiger charge is 2.32. The molecular weight excluding hydrogens is 446 g/mol. The van der Waals surface area contributed by atoms with Crippen molar-refractivity contribution >= 4 is 56.7 Å². The molecule has 0 aliphatic rings. The number of benzene rings is 2. The van der Waals surface area contributed by atoms with Gasteiger partial charge in [-0.15, -0.1) is 0 Å². The van der Waals surface area contributed by atoms with E-state index in [1.807, 2.05) is 62.4 Å². The molecule has 6 heteroatoms. The third-order valence-corrected chi connectivity index (χ3v) is 4.82. The van der Waals surface area contributed by atoms with E-state index in [2.05, 4.69) is 15.9 Å². The minimum Gasteiger partial charge on any atom is -0.461 e. The molecule has 0 fully saturated rings. The van der Waals surface area contributed by atoms with Gasteiger partial charge in [0.2, 0.25) is 3.79 Å². The number of halogens is 4. The van der Waals surface area contributed by atoms with Gasteiger partial charge >= 0.3 is 5.97 Å². The molecule has 0 amide bonds. The molecule has 2 unspecified atom stereocenters. The normalized spacial score (nSPS) is 14.0. The van der Waals surface area contributed by atoms with Gasteiger partial charge in [0.05, 0.1) is 5.92 Å². The molecule has 2 rings (SSSR count). The first-order valence-electron chi connectivity index (χ1n) is 7.73. The molecule has 0 N–H and O–H groups in total. The summed E-state index contributed by atoms with van der Waals surface area (Å²) in [5.41, 5.74) is 3.06. The van der Waals surface area contributed by atoms with E-state index in [4.69, 9.17) is 39.5 Å². The summed E-state index contributed by atoms with van der Waals surface area (Å²) in [4.78, 5) is 12.7. The van der Waals surface area contributed by atoms with E-state index in [1.54, 1.807) is 0 Å². The smallest absolute Gasteiger partial charge is 0.314 e. The lowest BCUT2D eigenvalue weighted by atomic mass is 9.82. The van der Waals surface area contributed by atoms with Crippen molar-refractivity contribution in [1.82, 2.24) is 0 Å². The first-order valence-corrected chi connectivity index (χ1v) is 9.65. The Morgan fingerprint density at radius 1 is 1.04 bits per heavy atom. The van der Waals surface area contributed by atoms with Crippen LogP contribution >= 0.6 is 50.7 Å². The van der Waals surface area contributed by atoms with Gasteiger partial charge in [0, 0.05) is 4.47 Å². The van der Waals surface area contributed by atoms with Crippen molar-refractivity contribution in [2.75, 3.05) is 6.61 Å². The summed E-state index contributed by atoms with van der Waals surface area (Å²) >= 11 is 20.5. The van der Waals surface area contributed by atoms with Crippen molar-refractivity contribution in [1.29, 1.82) is 0 Å². The summed E-state index contributed by atoms with van der Waals surface area (Å²) in [6, 6.07) is 15.7. The molecular formula is C19H18BrCl3O2. The standard InChI is InChI=1S/C19H18BrCl3O2/c1-12-3-5-14(6-4-12)13(2)17(15-7-9-16(20)10-8-15)18(24)25-11-19(21,22)23/h3-10,13,17H,11H2,1-2H3. The van der Waals surface area contributed by atoms with E-state index in [1.165, 1.54) is 0 Å². The topological polar surface area (TPSA) is 26.3 Å². The van der Waals surface area contributed by atoms with Crippen LogP contribution in [0.25, 0.3) is 0 Å². The molecule has 0 radical (unpaired) electrons. The maximum atomic E-state index is 12.7. The van der Waals surface area contributed by atoms with Crippen molar-refractivity contribution in [2.24, 2.45) is 0 Å². The van der Waals surface area contributed by atoms with Crippen molar-refractivity contribution in [2.45, 2.75) is 29.5 Å². The van der Waals surface area contributed by atoms with E-state index in [0.717, 1.165) is 21.2 Å². The number of carbonyl (C=O) groups excluding carboxylic acids is 1. The molecule has 0 aromatic heterocycles. The third kappa shape index (κ3) is 6.18. The van der Waals surface area contributed by atoms with Crippen LogP contribution in [0, 0.1) is 6.92 Å². The summed E-state index contributed by atoms with van der Waals surface area (Å²) in [5, 5.41) is 0. The van der Waals surface area contributed by atoms with Gasteiger partial charge < -0.3 is 4.74 Å². The average molecular weight is 465 g/mol. The van der Waals surface area contributed by atoms with Crippen molar-refractivity contribution < 1.29 is 9.53 Å². The van der Waals surface area contributed by atoms with Gasteiger partial charge in [-0.2, -0.15) is 0 Å². The average Bonchev–Trinajstić information content (AvgIpc) is 2.55. The highest BCUT2D eigenvalue weighted by molar-refractivity contribution is 9.10. The van der Waals surface area contributed by atoms with Gasteiger partial charge in [-0.25, -0.2) is 0 Å². The monoisotopic (exact) mass is 462 g/mol. The Morgan fingerprint density at radius 2 is 1.56 bits per heavy atom. The minimum atomic E-state index is -1.63. The molecule has 0 spiro atoms. The number of rotatable bonds is 5. The highest BCUT2D eigenvalue weighted by atomic mass is 79.9. The predicted molar refractivity (Wildman–Crippen MR) is 108 cm³/mol. The molecule has 0 saturated heterocycles. The Morgan fingerprint density at radius 3 is 2.08 bits per heavy atom. The lowest BCUT2D eigenvalue weighted by molar-refractivity contribution is -0.145. The molecule has 134 valence electrons. The van der Waals surface area contributed by atoms with Crippen molar-refractivity contribution in [3.63, 3.8) is 0 Å². The van der Waals surface area contributed by atoms with Gasteiger partial charge in [0.1, 0.15) is 6.61 Å². The number of alkyl halides is 3. The minimum absolute atomic E-state index is 0.0929. The number of ether oxygens (including phenoxy) is 1. The van der Waals surface area contributed by atoms with Crippen LogP contribution in [0.15, 0.2) is 53.0 Å². The summed E-state index contributed by atoms with van der Waals surface area (Å²) < 4.78 is 4.58. The van der Waals surface area contributed by atoms with Crippen LogP contribution in [-0.4, -0.2) is 16.4 Å². The van der Waals surface area contributed by atoms with Gasteiger partial charge in [-0.05, 0) is 36.1 Å². The van der Waals surface area contributed by atoms with Crippen LogP contribution in [0.2, 0.25) is 0 Å². The molecule has 2 aromatic carbocycles. The number of hydrogen-bond acceptors (Lipinski definition) is 2. The largest absolute Gasteiger partial charge is 0.461 e. The van der Waals surface area contributed by atoms with Crippen LogP contribution in [0.3, 0.4) is 0 Å². The van der Waals surface area contributed by atoms with Gasteiger partial charge in [0.15, 0.2) is 0 Å². The van der Waals surface area contributed by atoms with Crippen LogP contribution in [0.5, 0.6) is 0 Å². The molecule has 25 heavy (non-hydrogen) atoms. The van der Waals surface area contributed by atoms with Crippen LogP contribution in [-0.2, 0) is 9.53 Å². The molecule has 0 aliphatic heterocycles. The summed E-state index contributed by atoms with van der Waals surface area (Å²) in [6.07, 6.45) is 0. The molecule has 2 aromatic rings. The Kier molecular flexibility index (Phi) is 7.21. The van der Waals surface area contributed by atoms with Crippen molar-refractivity contribution in [3.05, 3.63) is 69.7 Å². The Balaban J connectivity index is 2.32. The van der Waals surface area contributed by atoms with E-state index < -0.39 is 15.7 Å². The molecule has 2 nitrogen and oxygen atoms in total. The molecule has 0 saturated carbocycles. The quantitative estimate of drug-likeness (QED) is 0.370. The summed E-state index contributed by atoms with van der Waals surface area (Å²) in [5.74, 6) is -1.01. The van der Waals surface area contributed by atoms with Crippen LogP contribution in [0.1, 0.15) is 35.4 Å². The Labute approximate surface area is 171 Å². The Bertz CT molecular complexity index is 709. The van der Waals surface area contributed by atoms with E-state index in [9.17, 15) is 4.79 Å². The number of hydrogen-bond donors (Lipinski definition) is 0. The van der Waals surface area contributed by atoms with E-state index in [0.29, 0.717) is 0 Å². The number of esters is 1. The Hall–Kier alpha value is -0.740. The third-order valence-electron chi connectivity index (χ3n) is 3.96. The number of carbonyl (C=O) groups is 1. The first-order chi connectivity index (χ1) is 11.7. The van der Waals surface area contributed by atoms with Crippen LogP contribution < -0.4 is 0 Å². The second-order valence-corrected chi connectivity index (χ2v) is 9.38. The number of aryl methyl sites for hydroxylation is 1. The lowest BCUT2D eigenvalue weighted by Crippen LogP contribution is -2.25. The molecule has 2 atom stereocenters. The summed E-state index contributed by atoms with van der Waals surface area (Å²) in [6.45, 7) is 3.73. The summed E-state index contributed by atoms with van der Waals surface area (Å²) in [7, 11) is 0.